The summed E-state index contributed by atoms with van der Waals surface area (Å²) in [6.07, 6.45) is 0.490. The van der Waals surface area contributed by atoms with E-state index < -0.39 is 29.0 Å². The Morgan fingerprint density at radius 1 is 1.39 bits per heavy atom. The lowest BCUT2D eigenvalue weighted by Crippen LogP contribution is -2.61. The number of ether oxygens (including phenoxy) is 1. The van der Waals surface area contributed by atoms with Crippen molar-refractivity contribution in [2.24, 2.45) is 0 Å². The summed E-state index contributed by atoms with van der Waals surface area (Å²) in [6.45, 7) is 3.69. The van der Waals surface area contributed by atoms with Crippen LogP contribution in [0, 0.1) is 12.3 Å². The van der Waals surface area contributed by atoms with Gasteiger partial charge in [-0.25, -0.2) is 9.69 Å². The molecule has 1 aliphatic heterocycles. The molecule has 1 atom stereocenters. The Kier molecular flexibility index (Phi) is 4.54. The third kappa shape index (κ3) is 3.25. The van der Waals surface area contributed by atoms with Crippen molar-refractivity contribution in [3.05, 3.63) is 5.01 Å². The fraction of sp³-hybridized carbons (Fsp3) is 0.615. The Labute approximate surface area is 135 Å². The molecule has 0 N–H and O–H groups in total. The number of hydrogen-bond acceptors (Lipinski definition) is 5. The van der Waals surface area contributed by atoms with Gasteiger partial charge in [-0.2, -0.15) is 13.2 Å². The summed E-state index contributed by atoms with van der Waals surface area (Å²) in [5.74, 6) is 2.50. The number of rotatable bonds is 3. The molecule has 1 aliphatic rings. The summed E-state index contributed by atoms with van der Waals surface area (Å²) in [4.78, 5) is 15.2. The quantitative estimate of drug-likeness (QED) is 0.788. The number of amides is 2. The summed E-state index contributed by atoms with van der Waals surface area (Å²) in [6, 6.07) is -0.559. The Bertz CT molecular complexity index is 638. The van der Waals surface area contributed by atoms with Crippen molar-refractivity contribution >= 4 is 22.5 Å². The standard InChI is InChI=1S/C13H15F3N4O2S/c1-5-12(2,3)19-7-6-8(22-4)20(11(19)21)10-18-17-9(23-10)13(14,15)16/h1,8H,6-7H2,2-4H3. The molecule has 1 fully saturated rings. The predicted molar refractivity (Wildman–Crippen MR) is 77.8 cm³/mol. The maximum Gasteiger partial charge on any atom is 0.445 e. The van der Waals surface area contributed by atoms with Crippen LogP contribution in [0.2, 0.25) is 0 Å². The zero-order valence-corrected chi connectivity index (χ0v) is 13.5. The molecule has 2 rings (SSSR count). The lowest BCUT2D eigenvalue weighted by Gasteiger charge is -2.44. The Morgan fingerprint density at radius 2 is 2.04 bits per heavy atom. The Balaban J connectivity index is 2.38. The molecule has 10 heteroatoms. The number of terminal acetylenes is 1. The van der Waals surface area contributed by atoms with Crippen LogP contribution < -0.4 is 4.90 Å². The summed E-state index contributed by atoms with van der Waals surface area (Å²) in [7, 11) is 1.37. The van der Waals surface area contributed by atoms with Crippen LogP contribution in [-0.4, -0.2) is 46.5 Å². The second-order valence-electron chi connectivity index (χ2n) is 5.37. The molecule has 1 aromatic heterocycles. The van der Waals surface area contributed by atoms with Gasteiger partial charge in [-0.1, -0.05) is 17.3 Å². The van der Waals surface area contributed by atoms with E-state index in [9.17, 15) is 18.0 Å². The highest BCUT2D eigenvalue weighted by Crippen LogP contribution is 2.37. The fourth-order valence-electron chi connectivity index (χ4n) is 2.17. The minimum Gasteiger partial charge on any atom is -0.361 e. The van der Waals surface area contributed by atoms with Crippen LogP contribution in [-0.2, 0) is 10.9 Å². The smallest absolute Gasteiger partial charge is 0.361 e. The van der Waals surface area contributed by atoms with E-state index in [1.165, 1.54) is 12.0 Å². The highest BCUT2D eigenvalue weighted by Gasteiger charge is 2.43. The average Bonchev–Trinajstić information content (AvgIpc) is 2.96. The molecule has 1 unspecified atom stereocenters. The van der Waals surface area contributed by atoms with Crippen LogP contribution >= 0.6 is 11.3 Å². The average molecular weight is 348 g/mol. The topological polar surface area (TPSA) is 58.6 Å². The lowest BCUT2D eigenvalue weighted by molar-refractivity contribution is -0.138. The lowest BCUT2D eigenvalue weighted by atomic mass is 10.0. The van der Waals surface area contributed by atoms with Crippen molar-refractivity contribution in [1.82, 2.24) is 15.1 Å². The molecule has 0 aliphatic carbocycles. The summed E-state index contributed by atoms with van der Waals surface area (Å²) in [5, 5.41) is 5.30. The largest absolute Gasteiger partial charge is 0.445 e. The van der Waals surface area contributed by atoms with Gasteiger partial charge < -0.3 is 9.64 Å². The Hall–Kier alpha value is -1.86. The number of carbonyl (C=O) groups excluding carboxylic acids is 1. The monoisotopic (exact) mass is 348 g/mol. The molecule has 0 aromatic carbocycles. The van der Waals surface area contributed by atoms with E-state index in [0.717, 1.165) is 4.90 Å². The fourth-order valence-corrected chi connectivity index (χ4v) is 2.92. The number of methoxy groups -OCH3 is 1. The Morgan fingerprint density at radius 3 is 2.52 bits per heavy atom. The van der Waals surface area contributed by atoms with Crippen molar-refractivity contribution < 1.29 is 22.7 Å². The van der Waals surface area contributed by atoms with Crippen molar-refractivity contribution in [3.8, 4) is 12.3 Å². The first-order valence-corrected chi connectivity index (χ1v) is 7.45. The third-order valence-electron chi connectivity index (χ3n) is 3.49. The molecule has 126 valence electrons. The van der Waals surface area contributed by atoms with Gasteiger partial charge in [0.05, 0.1) is 5.54 Å². The molecule has 2 amide bonds. The van der Waals surface area contributed by atoms with E-state index in [4.69, 9.17) is 11.2 Å². The molecule has 0 spiro atoms. The van der Waals surface area contributed by atoms with Gasteiger partial charge in [0.25, 0.3) is 0 Å². The molecular formula is C13H15F3N4O2S. The van der Waals surface area contributed by atoms with E-state index in [0.29, 0.717) is 13.0 Å². The van der Waals surface area contributed by atoms with Crippen LogP contribution in [0.15, 0.2) is 0 Å². The zero-order valence-electron chi connectivity index (χ0n) is 12.7. The summed E-state index contributed by atoms with van der Waals surface area (Å²) < 4.78 is 43.3. The molecule has 0 saturated carbocycles. The van der Waals surface area contributed by atoms with Crippen LogP contribution in [0.1, 0.15) is 25.3 Å². The van der Waals surface area contributed by atoms with Gasteiger partial charge in [0.15, 0.2) is 0 Å². The van der Waals surface area contributed by atoms with Crippen molar-refractivity contribution in [3.63, 3.8) is 0 Å². The second-order valence-corrected chi connectivity index (χ2v) is 6.33. The van der Waals surface area contributed by atoms with Crippen molar-refractivity contribution in [1.29, 1.82) is 0 Å². The first-order chi connectivity index (χ1) is 10.6. The number of aromatic nitrogens is 2. The maximum absolute atomic E-state index is 12.7. The number of halogens is 3. The zero-order chi connectivity index (χ0) is 17.4. The van der Waals surface area contributed by atoms with E-state index >= 15 is 0 Å². The van der Waals surface area contributed by atoms with Gasteiger partial charge in [0.2, 0.25) is 10.1 Å². The van der Waals surface area contributed by atoms with E-state index in [2.05, 4.69) is 16.1 Å². The first-order valence-electron chi connectivity index (χ1n) is 6.64. The number of hydrogen-bond donors (Lipinski definition) is 0. The molecule has 1 saturated heterocycles. The minimum atomic E-state index is -4.62. The van der Waals surface area contributed by atoms with Gasteiger partial charge in [-0.3, -0.25) is 0 Å². The second kappa shape index (κ2) is 5.98. The van der Waals surface area contributed by atoms with Gasteiger partial charge >= 0.3 is 12.2 Å². The summed E-state index contributed by atoms with van der Waals surface area (Å²) in [5.41, 5.74) is -0.883. The molecule has 2 heterocycles. The van der Waals surface area contributed by atoms with Crippen LogP contribution in [0.3, 0.4) is 0 Å². The summed E-state index contributed by atoms with van der Waals surface area (Å²) >= 11 is 0.289. The molecule has 0 radical (unpaired) electrons. The molecule has 6 nitrogen and oxygen atoms in total. The molecule has 0 bridgehead atoms. The first kappa shape index (κ1) is 17.5. The number of nitrogens with zero attached hydrogens (tertiary/aromatic N) is 4. The highest BCUT2D eigenvalue weighted by atomic mass is 32.1. The molecule has 23 heavy (non-hydrogen) atoms. The van der Waals surface area contributed by atoms with Crippen molar-refractivity contribution in [2.45, 2.75) is 38.2 Å². The van der Waals surface area contributed by atoms with E-state index in [1.807, 2.05) is 0 Å². The predicted octanol–water partition coefficient (Wildman–Crippen LogP) is 2.57. The van der Waals surface area contributed by atoms with E-state index in [-0.39, 0.29) is 16.5 Å². The van der Waals surface area contributed by atoms with E-state index in [1.54, 1.807) is 13.8 Å². The highest BCUT2D eigenvalue weighted by molar-refractivity contribution is 7.15. The van der Waals surface area contributed by atoms with Gasteiger partial charge in [0, 0.05) is 20.1 Å². The number of alkyl halides is 3. The third-order valence-corrected chi connectivity index (χ3v) is 4.46. The molecular weight excluding hydrogens is 333 g/mol. The van der Waals surface area contributed by atoms with Gasteiger partial charge in [-0.05, 0) is 13.8 Å². The van der Waals surface area contributed by atoms with Crippen LogP contribution in [0.4, 0.5) is 23.1 Å². The van der Waals surface area contributed by atoms with Crippen LogP contribution in [0.5, 0.6) is 0 Å². The van der Waals surface area contributed by atoms with Gasteiger partial charge in [0.1, 0.15) is 6.23 Å². The number of anilines is 1. The number of urea groups is 1. The SMILES string of the molecule is C#CC(C)(C)N1CCC(OC)N(c2nnc(C(F)(F)F)s2)C1=O. The maximum atomic E-state index is 12.7. The van der Waals surface area contributed by atoms with Crippen molar-refractivity contribution in [2.75, 3.05) is 18.6 Å². The molecule has 1 aromatic rings. The van der Waals surface area contributed by atoms with Crippen LogP contribution in [0.25, 0.3) is 0 Å². The minimum absolute atomic E-state index is 0.174. The van der Waals surface area contributed by atoms with Gasteiger partial charge in [-0.15, -0.1) is 16.6 Å². The number of carbonyl (C=O) groups is 1. The normalized spacial score (nSPS) is 19.9.